The molecule has 3 aromatic rings. The minimum atomic E-state index is -1.89. The number of nitrogens with zero attached hydrogens (tertiary/aromatic N) is 5. The molecule has 3 unspecified atom stereocenters. The van der Waals surface area contributed by atoms with Crippen molar-refractivity contribution in [3.63, 3.8) is 0 Å². The number of piperidine rings is 1. The minimum Gasteiger partial charge on any atom is -0.507 e. The first kappa shape index (κ1) is 50.3. The number of piperazine rings is 1. The van der Waals surface area contributed by atoms with E-state index in [4.69, 9.17) is 19.2 Å². The number of aliphatic hydroxyl groups is 1. The largest absolute Gasteiger partial charge is 0.507 e. The normalized spacial score (nSPS) is 26.1. The second kappa shape index (κ2) is 21.1. The van der Waals surface area contributed by atoms with Gasteiger partial charge in [-0.2, -0.15) is 0 Å². The number of carbonyl (C=O) groups is 4. The van der Waals surface area contributed by atoms with Gasteiger partial charge in [-0.3, -0.25) is 29.1 Å². The second-order valence-electron chi connectivity index (χ2n) is 20.3. The fourth-order valence-electron chi connectivity index (χ4n) is 10.2. The van der Waals surface area contributed by atoms with Gasteiger partial charge in [0.1, 0.15) is 40.4 Å². The Balaban J connectivity index is 1.05. The van der Waals surface area contributed by atoms with Gasteiger partial charge in [0.25, 0.3) is 11.7 Å². The van der Waals surface area contributed by atoms with Crippen molar-refractivity contribution in [1.82, 2.24) is 14.7 Å². The fourth-order valence-corrected chi connectivity index (χ4v) is 10.2. The zero-order valence-electron chi connectivity index (χ0n) is 41.3. The number of nitrogens with one attached hydrogen (secondary N) is 1. The molecule has 1 spiro atoms. The van der Waals surface area contributed by atoms with Crippen molar-refractivity contribution in [1.29, 1.82) is 0 Å². The van der Waals surface area contributed by atoms with E-state index in [2.05, 4.69) is 46.1 Å². The van der Waals surface area contributed by atoms with Gasteiger partial charge in [-0.25, -0.2) is 4.99 Å². The summed E-state index contributed by atoms with van der Waals surface area (Å²) in [7, 11) is 0. The smallest absolute Gasteiger partial charge is 0.315 e. The number of Topliss-reactive ketones (excluding diaryl/α,β-unsaturated/α-hetero) is 1. The maximum Gasteiger partial charge on any atom is 0.315 e. The lowest BCUT2D eigenvalue weighted by Crippen LogP contribution is -2.48. The minimum absolute atomic E-state index is 0.00277. The van der Waals surface area contributed by atoms with E-state index in [-0.39, 0.29) is 74.4 Å². The van der Waals surface area contributed by atoms with Crippen molar-refractivity contribution in [2.45, 2.75) is 123 Å². The van der Waals surface area contributed by atoms with E-state index in [1.54, 1.807) is 37.0 Å². The number of hydrogen-bond donors (Lipinski definition) is 4. The highest BCUT2D eigenvalue weighted by Crippen LogP contribution is 2.51. The van der Waals surface area contributed by atoms with Crippen LogP contribution in [0, 0.1) is 18.8 Å². The van der Waals surface area contributed by atoms with Crippen LogP contribution in [-0.4, -0.2) is 123 Å². The standard InChI is InChI=1S/C54H68N6O10/c1-33(2)31-58-22-20-54(21-23-58)56-45-42-43-48(64)36(5)50-44(42)51(66)53(6,70-50)68-28-11-10-17-39(69-41(63)30-40(62)60-26-24-59(25-27-60)32-37-15-8-7-9-16-37)29-38(61)19-18-34(3)13-12-14-35(4)52(67)55-47(49(43)65)46(45)57-54/h7-9,11-16,28,33-34,38-39,56,61,64-65H,10,17-27,29-32H2,1-6H3/b13-12+,28-11+,35-14-,55-47?/t34?,38?,39-,53?/m1/s1. The van der Waals surface area contributed by atoms with Gasteiger partial charge in [0.05, 0.1) is 29.0 Å². The Morgan fingerprint density at radius 2 is 1.67 bits per heavy atom. The van der Waals surface area contributed by atoms with Crippen LogP contribution in [0.2, 0.25) is 0 Å². The molecule has 0 radical (unpaired) electrons. The number of ketones is 1. The molecule has 374 valence electrons. The first-order chi connectivity index (χ1) is 33.4. The summed E-state index contributed by atoms with van der Waals surface area (Å²) in [4.78, 5) is 71.2. The Labute approximate surface area is 409 Å². The maximum atomic E-state index is 14.7. The second-order valence-corrected chi connectivity index (χ2v) is 20.3. The molecule has 16 nitrogen and oxygen atoms in total. The molecule has 0 aromatic heterocycles. The molecule has 3 aromatic carbocycles. The number of aliphatic hydroxyl groups excluding tert-OH is 1. The topological polar surface area (TPSA) is 203 Å². The van der Waals surface area contributed by atoms with E-state index in [0.29, 0.717) is 69.9 Å². The summed E-state index contributed by atoms with van der Waals surface area (Å²) >= 11 is 0. The highest BCUT2D eigenvalue weighted by Gasteiger charge is 2.50. The van der Waals surface area contributed by atoms with Crippen LogP contribution in [0.1, 0.15) is 107 Å². The van der Waals surface area contributed by atoms with E-state index in [0.717, 1.165) is 26.2 Å². The third-order valence-electron chi connectivity index (χ3n) is 14.2. The van der Waals surface area contributed by atoms with Crippen LogP contribution in [0.3, 0.4) is 0 Å². The van der Waals surface area contributed by atoms with Gasteiger partial charge in [-0.05, 0) is 63.0 Å². The molecule has 5 bridgehead atoms. The van der Waals surface area contributed by atoms with Crippen LogP contribution < -0.4 is 20.8 Å². The lowest BCUT2D eigenvalue weighted by molar-refractivity contribution is -0.155. The first-order valence-electron chi connectivity index (χ1n) is 24.8. The van der Waals surface area contributed by atoms with Gasteiger partial charge in [-0.15, -0.1) is 0 Å². The number of carbonyl (C=O) groups excluding carboxylic acids is 4. The van der Waals surface area contributed by atoms with Crippen LogP contribution in [0.25, 0.3) is 10.8 Å². The number of allylic oxidation sites excluding steroid dienone is 4. The molecule has 2 amide bonds. The lowest BCUT2D eigenvalue weighted by Gasteiger charge is -2.38. The molecule has 4 atom stereocenters. The Bertz CT molecular complexity index is 2720. The van der Waals surface area contributed by atoms with Crippen LogP contribution in [0.5, 0.6) is 17.2 Å². The summed E-state index contributed by atoms with van der Waals surface area (Å²) < 4.78 is 18.3. The summed E-state index contributed by atoms with van der Waals surface area (Å²) in [5, 5.41) is 39.0. The first-order valence-corrected chi connectivity index (χ1v) is 24.8. The third-order valence-corrected chi connectivity index (χ3v) is 14.2. The summed E-state index contributed by atoms with van der Waals surface area (Å²) in [6.07, 6.45) is 9.30. The summed E-state index contributed by atoms with van der Waals surface area (Å²) in [5.74, 6) is -4.34. The Kier molecular flexibility index (Phi) is 15.2. The third kappa shape index (κ3) is 10.9. The zero-order valence-corrected chi connectivity index (χ0v) is 41.3. The molecule has 2 saturated heterocycles. The highest BCUT2D eigenvalue weighted by atomic mass is 16.7. The predicted octanol–water partition coefficient (Wildman–Crippen LogP) is 6.13. The highest BCUT2D eigenvalue weighted by molar-refractivity contribution is 6.21. The molecule has 6 heterocycles. The number of fused-ring (bicyclic) bond motifs is 13. The number of phenols is 2. The van der Waals surface area contributed by atoms with Gasteiger partial charge in [-0.1, -0.05) is 69.3 Å². The monoisotopic (exact) mass is 960 g/mol. The summed E-state index contributed by atoms with van der Waals surface area (Å²) in [6.45, 7) is 16.6. The summed E-state index contributed by atoms with van der Waals surface area (Å²) in [5.41, 5.74) is 1.27. The van der Waals surface area contributed by atoms with Crippen LogP contribution in [-0.2, 0) is 30.4 Å². The van der Waals surface area contributed by atoms with Gasteiger partial charge < -0.3 is 44.6 Å². The van der Waals surface area contributed by atoms with Crippen LogP contribution in [0.15, 0.2) is 76.5 Å². The number of benzene rings is 3. The maximum absolute atomic E-state index is 14.7. The average Bonchev–Trinajstić information content (AvgIpc) is 3.82. The number of amides is 2. The van der Waals surface area contributed by atoms with E-state index < -0.39 is 53.5 Å². The predicted molar refractivity (Wildman–Crippen MR) is 264 cm³/mol. The van der Waals surface area contributed by atoms with Gasteiger partial charge in [0.15, 0.2) is 5.75 Å². The van der Waals surface area contributed by atoms with E-state index in [1.165, 1.54) is 18.7 Å². The van der Waals surface area contributed by atoms with Crippen LogP contribution >= 0.6 is 0 Å². The van der Waals surface area contributed by atoms with Crippen LogP contribution in [0.4, 0.5) is 5.69 Å². The summed E-state index contributed by atoms with van der Waals surface area (Å²) in [6, 6.07) is 10.2. The van der Waals surface area contributed by atoms with Crippen molar-refractivity contribution in [2.24, 2.45) is 21.8 Å². The number of rotatable bonds is 7. The lowest BCUT2D eigenvalue weighted by atomic mass is 9.92. The molecule has 6 aliphatic heterocycles. The van der Waals surface area contributed by atoms with Crippen molar-refractivity contribution in [3.8, 4) is 17.2 Å². The molecule has 6 aliphatic rings. The average molecular weight is 961 g/mol. The number of likely N-dealkylation sites (tertiary alicyclic amines) is 1. The Hall–Kier alpha value is -6.10. The molecule has 0 saturated carbocycles. The molecular formula is C54H68N6O10. The van der Waals surface area contributed by atoms with Gasteiger partial charge >= 0.3 is 11.8 Å². The fraction of sp³-hybridized carbons (Fsp3) is 0.519. The number of phenolic OH excluding ortho intramolecular Hbond substituents is 2. The van der Waals surface area contributed by atoms with E-state index >= 15 is 0 Å². The Morgan fingerprint density at radius 1 is 0.943 bits per heavy atom. The zero-order chi connectivity index (χ0) is 49.9. The van der Waals surface area contributed by atoms with E-state index in [9.17, 15) is 34.5 Å². The molecule has 9 rings (SSSR count). The van der Waals surface area contributed by atoms with Crippen molar-refractivity contribution in [3.05, 3.63) is 93.9 Å². The van der Waals surface area contributed by atoms with Gasteiger partial charge in [0, 0.05) is 95.1 Å². The van der Waals surface area contributed by atoms with Crippen molar-refractivity contribution in [2.75, 3.05) is 51.1 Å². The SMILES string of the molecule is C/C1=C/C=C/C(C)CCC(O)C[C@H](OC(=O)CC(=O)N2CCN(Cc3ccccc3)CC2)CC/C=C/OC2(C)Oc3c(C)c(O)c4c(O)c(c5c(c4c3C2=O)NC2(CCN(CC(C)C)CC2)N=5)=NC1=O. The van der Waals surface area contributed by atoms with Crippen molar-refractivity contribution >= 4 is 40.0 Å². The Morgan fingerprint density at radius 3 is 2.39 bits per heavy atom. The number of aromatic hydroxyl groups is 2. The van der Waals surface area contributed by atoms with Gasteiger partial charge in [0.2, 0.25) is 5.91 Å². The molecule has 70 heavy (non-hydrogen) atoms. The number of anilines is 1. The number of hydrogen-bond acceptors (Lipinski definition) is 14. The molecule has 4 N–H and O–H groups in total. The van der Waals surface area contributed by atoms with Crippen molar-refractivity contribution < 1.29 is 48.7 Å². The number of esters is 1. The molecular weight excluding hydrogens is 893 g/mol. The molecule has 2 fully saturated rings. The molecule has 16 heteroatoms. The quantitative estimate of drug-likeness (QED) is 0.120. The number of ether oxygens (including phenoxy) is 3. The van der Waals surface area contributed by atoms with E-state index in [1.807, 2.05) is 31.2 Å². The molecule has 0 aliphatic carbocycles.